The van der Waals surface area contributed by atoms with Gasteiger partial charge in [0, 0.05) is 18.2 Å². The highest BCUT2D eigenvalue weighted by Gasteiger charge is 2.40. The molecule has 2 heterocycles. The van der Waals surface area contributed by atoms with Crippen molar-refractivity contribution in [3.63, 3.8) is 0 Å². The minimum absolute atomic E-state index is 0.115. The summed E-state index contributed by atoms with van der Waals surface area (Å²) in [6.45, 7) is 5.89. The van der Waals surface area contributed by atoms with Crippen LogP contribution in [0.15, 0.2) is 18.2 Å². The van der Waals surface area contributed by atoms with E-state index in [0.29, 0.717) is 35.5 Å². The molecule has 3 rings (SSSR count). The molecule has 0 saturated carbocycles. The summed E-state index contributed by atoms with van der Waals surface area (Å²) in [7, 11) is 0. The van der Waals surface area contributed by atoms with E-state index in [9.17, 15) is 26.3 Å². The van der Waals surface area contributed by atoms with E-state index in [1.807, 2.05) is 6.92 Å². The lowest BCUT2D eigenvalue weighted by Gasteiger charge is -2.24. The predicted octanol–water partition coefficient (Wildman–Crippen LogP) is 6.51. The second kappa shape index (κ2) is 8.55. The second-order valence-corrected chi connectivity index (χ2v) is 7.74. The first-order valence-electron chi connectivity index (χ1n) is 10.1. The van der Waals surface area contributed by atoms with Gasteiger partial charge in [0.05, 0.1) is 16.8 Å². The molecule has 1 aliphatic heterocycles. The van der Waals surface area contributed by atoms with Gasteiger partial charge in [-0.1, -0.05) is 19.8 Å². The average Bonchev–Trinajstić information content (AvgIpc) is 3.08. The van der Waals surface area contributed by atoms with E-state index in [4.69, 9.17) is 0 Å². The zero-order valence-corrected chi connectivity index (χ0v) is 17.5. The Labute approximate surface area is 176 Å². The fourth-order valence-electron chi connectivity index (χ4n) is 3.71. The maximum Gasteiger partial charge on any atom is 0.418 e. The molecule has 0 aliphatic carbocycles. The van der Waals surface area contributed by atoms with Crippen LogP contribution in [-0.2, 0) is 18.8 Å². The van der Waals surface area contributed by atoms with Gasteiger partial charge in [0.1, 0.15) is 17.5 Å². The van der Waals surface area contributed by atoms with Crippen molar-refractivity contribution in [3.8, 4) is 0 Å². The lowest BCUT2D eigenvalue weighted by molar-refractivity contribution is -0.142. The molecule has 10 heteroatoms. The summed E-state index contributed by atoms with van der Waals surface area (Å²) >= 11 is 0. The van der Waals surface area contributed by atoms with Crippen molar-refractivity contribution in [2.24, 2.45) is 0 Å². The van der Waals surface area contributed by atoms with Crippen LogP contribution in [0.3, 0.4) is 0 Å². The van der Waals surface area contributed by atoms with Gasteiger partial charge in [-0.05, 0) is 44.9 Å². The zero-order valence-electron chi connectivity index (χ0n) is 17.5. The minimum Gasteiger partial charge on any atom is -0.367 e. The molecule has 2 aromatic rings. The van der Waals surface area contributed by atoms with E-state index in [2.05, 4.69) is 22.2 Å². The van der Waals surface area contributed by atoms with Crippen LogP contribution >= 0.6 is 0 Å². The second-order valence-electron chi connectivity index (χ2n) is 7.74. The van der Waals surface area contributed by atoms with E-state index in [1.54, 1.807) is 6.92 Å². The number of nitrogens with one attached hydrogen (secondary N) is 1. The molecule has 0 spiro atoms. The van der Waals surface area contributed by atoms with Gasteiger partial charge < -0.3 is 10.2 Å². The summed E-state index contributed by atoms with van der Waals surface area (Å²) in [5.74, 6) is 1.23. The zero-order chi connectivity index (χ0) is 23.0. The summed E-state index contributed by atoms with van der Waals surface area (Å²) in [6, 6.07) is 1.81. The molecule has 31 heavy (non-hydrogen) atoms. The van der Waals surface area contributed by atoms with Gasteiger partial charge in [-0.15, -0.1) is 0 Å². The maximum absolute atomic E-state index is 13.7. The highest BCUT2D eigenvalue weighted by Crippen LogP contribution is 2.45. The molecule has 170 valence electrons. The molecule has 0 fully saturated rings. The minimum atomic E-state index is -4.95. The van der Waals surface area contributed by atoms with Crippen LogP contribution in [-0.4, -0.2) is 22.6 Å². The van der Waals surface area contributed by atoms with Gasteiger partial charge in [-0.25, -0.2) is 9.97 Å². The summed E-state index contributed by atoms with van der Waals surface area (Å²) in [4.78, 5) is 10.1. The highest BCUT2D eigenvalue weighted by molar-refractivity contribution is 5.74. The number of anilines is 3. The standard InChI is InChI=1S/C21H24F6N4/c1-4-5-6-12(2)28-18-15-9-10-31(19(15)30-13(3)29-18)17-8-7-14(20(22,23)24)11-16(17)21(25,26)27/h7-8,11-12H,4-6,9-10H2,1-3H3,(H,28,29,30). The number of alkyl halides is 6. The van der Waals surface area contributed by atoms with Crippen LogP contribution in [0.4, 0.5) is 43.7 Å². The average molecular weight is 446 g/mol. The van der Waals surface area contributed by atoms with Crippen LogP contribution in [0.1, 0.15) is 55.6 Å². The van der Waals surface area contributed by atoms with Crippen LogP contribution in [0.25, 0.3) is 0 Å². The number of halogens is 6. The summed E-state index contributed by atoms with van der Waals surface area (Å²) in [6.07, 6.45) is -6.46. The largest absolute Gasteiger partial charge is 0.418 e. The normalized spacial score (nSPS) is 15.2. The van der Waals surface area contributed by atoms with Crippen molar-refractivity contribution in [2.45, 2.75) is 64.8 Å². The van der Waals surface area contributed by atoms with E-state index in [-0.39, 0.29) is 24.3 Å². The van der Waals surface area contributed by atoms with Gasteiger partial charge in [0.2, 0.25) is 0 Å². The van der Waals surface area contributed by atoms with Gasteiger partial charge in [-0.3, -0.25) is 0 Å². The Hall–Kier alpha value is -2.52. The topological polar surface area (TPSA) is 41.1 Å². The number of hydrogen-bond acceptors (Lipinski definition) is 4. The van der Waals surface area contributed by atoms with Crippen LogP contribution in [0, 0.1) is 6.92 Å². The molecule has 1 unspecified atom stereocenters. The molecule has 1 aliphatic rings. The molecule has 1 N–H and O–H groups in total. The Morgan fingerprint density at radius 1 is 1.10 bits per heavy atom. The number of fused-ring (bicyclic) bond motifs is 1. The number of aromatic nitrogens is 2. The van der Waals surface area contributed by atoms with Gasteiger partial charge in [0.25, 0.3) is 0 Å². The van der Waals surface area contributed by atoms with Gasteiger partial charge in [-0.2, -0.15) is 26.3 Å². The molecule has 0 saturated heterocycles. The Bertz CT molecular complexity index is 939. The maximum atomic E-state index is 13.7. The van der Waals surface area contributed by atoms with Crippen LogP contribution < -0.4 is 10.2 Å². The molecular formula is C21H24F6N4. The molecule has 0 amide bonds. The van der Waals surface area contributed by atoms with Gasteiger partial charge in [0.15, 0.2) is 0 Å². The van der Waals surface area contributed by atoms with Crippen molar-refractivity contribution < 1.29 is 26.3 Å². The molecule has 1 aromatic heterocycles. The van der Waals surface area contributed by atoms with Crippen molar-refractivity contribution in [3.05, 3.63) is 40.7 Å². The first kappa shape index (κ1) is 23.1. The van der Waals surface area contributed by atoms with E-state index >= 15 is 0 Å². The number of benzene rings is 1. The monoisotopic (exact) mass is 446 g/mol. The van der Waals surface area contributed by atoms with Crippen LogP contribution in [0.2, 0.25) is 0 Å². The molecule has 1 atom stereocenters. The van der Waals surface area contributed by atoms with Crippen molar-refractivity contribution in [2.75, 3.05) is 16.8 Å². The first-order valence-corrected chi connectivity index (χ1v) is 10.1. The number of unbranched alkanes of at least 4 members (excludes halogenated alkanes) is 1. The third-order valence-corrected chi connectivity index (χ3v) is 5.23. The predicted molar refractivity (Wildman–Crippen MR) is 107 cm³/mol. The number of aryl methyl sites for hydroxylation is 1. The fraction of sp³-hybridized carbons (Fsp3) is 0.524. The van der Waals surface area contributed by atoms with E-state index < -0.39 is 23.5 Å². The summed E-state index contributed by atoms with van der Waals surface area (Å²) in [5, 5.41) is 3.31. The van der Waals surface area contributed by atoms with Crippen molar-refractivity contribution in [1.29, 1.82) is 0 Å². The molecule has 0 bridgehead atoms. The lowest BCUT2D eigenvalue weighted by Crippen LogP contribution is -2.21. The third kappa shape index (κ3) is 5.04. The Balaban J connectivity index is 2.03. The van der Waals surface area contributed by atoms with Gasteiger partial charge >= 0.3 is 12.4 Å². The third-order valence-electron chi connectivity index (χ3n) is 5.23. The van der Waals surface area contributed by atoms with Crippen LogP contribution in [0.5, 0.6) is 0 Å². The molecule has 0 radical (unpaired) electrons. The SMILES string of the molecule is CCCCC(C)Nc1nc(C)nc2c1CCN2c1ccc(C(F)(F)F)cc1C(F)(F)F. The number of hydrogen-bond donors (Lipinski definition) is 1. The molecular weight excluding hydrogens is 422 g/mol. The smallest absolute Gasteiger partial charge is 0.367 e. The summed E-state index contributed by atoms with van der Waals surface area (Å²) < 4.78 is 80.0. The Kier molecular flexibility index (Phi) is 6.38. The quantitative estimate of drug-likeness (QED) is 0.514. The lowest BCUT2D eigenvalue weighted by atomic mass is 10.1. The summed E-state index contributed by atoms with van der Waals surface area (Å²) in [5.41, 5.74) is -2.35. The van der Waals surface area contributed by atoms with Crippen molar-refractivity contribution in [1.82, 2.24) is 9.97 Å². The van der Waals surface area contributed by atoms with E-state index in [1.165, 1.54) is 4.90 Å². The Morgan fingerprint density at radius 3 is 2.42 bits per heavy atom. The molecule has 4 nitrogen and oxygen atoms in total. The van der Waals surface area contributed by atoms with E-state index in [0.717, 1.165) is 25.3 Å². The fourth-order valence-corrected chi connectivity index (χ4v) is 3.71. The number of rotatable bonds is 6. The van der Waals surface area contributed by atoms with Crippen molar-refractivity contribution >= 4 is 17.3 Å². The molecule has 1 aromatic carbocycles. The number of nitrogens with zero attached hydrogens (tertiary/aromatic N) is 3. The Morgan fingerprint density at radius 2 is 1.81 bits per heavy atom. The first-order chi connectivity index (χ1) is 14.4. The highest BCUT2D eigenvalue weighted by atomic mass is 19.4.